The van der Waals surface area contributed by atoms with Crippen LogP contribution in [0.2, 0.25) is 0 Å². The first-order chi connectivity index (χ1) is 7.65. The predicted octanol–water partition coefficient (Wildman–Crippen LogP) is -0.305. The molecule has 2 heterocycles. The van der Waals surface area contributed by atoms with Gasteiger partial charge >= 0.3 is 0 Å². The van der Waals surface area contributed by atoms with Gasteiger partial charge in [0.05, 0.1) is 24.8 Å². The number of likely N-dealkylation sites (tertiary alicyclic amines) is 1. The molecule has 2 amide bonds. The summed E-state index contributed by atoms with van der Waals surface area (Å²) >= 11 is 0. The zero-order valence-corrected chi connectivity index (χ0v) is 8.96. The number of imidazole rings is 1. The summed E-state index contributed by atoms with van der Waals surface area (Å²) in [5.74, 6) is -0.407. The van der Waals surface area contributed by atoms with Crippen LogP contribution >= 0.6 is 0 Å². The molecule has 1 fully saturated rings. The molecule has 1 unspecified atom stereocenters. The molecule has 0 aromatic carbocycles. The van der Waals surface area contributed by atoms with E-state index >= 15 is 0 Å². The van der Waals surface area contributed by atoms with Gasteiger partial charge in [0.1, 0.15) is 6.04 Å². The van der Waals surface area contributed by atoms with E-state index in [-0.39, 0.29) is 18.4 Å². The lowest BCUT2D eigenvalue weighted by molar-refractivity contribution is -0.149. The summed E-state index contributed by atoms with van der Waals surface area (Å²) in [5, 5.41) is 9.09. The molecule has 2 rings (SSSR count). The lowest BCUT2D eigenvalue weighted by Gasteiger charge is -2.29. The Morgan fingerprint density at radius 3 is 3.00 bits per heavy atom. The standard InChI is InChI=1S/C10H13N3O3/c1-12-9(15)3-2-8(10(12)16)13-6-11-4-7(13)5-14/h4,6,8,14H,2-3,5H2,1H3. The number of aliphatic hydroxyl groups is 1. The zero-order valence-electron chi connectivity index (χ0n) is 8.96. The Morgan fingerprint density at radius 2 is 2.31 bits per heavy atom. The number of aromatic nitrogens is 2. The fraction of sp³-hybridized carbons (Fsp3) is 0.500. The Hall–Kier alpha value is -1.69. The molecule has 6 nitrogen and oxygen atoms in total. The van der Waals surface area contributed by atoms with Crippen LogP contribution in [0.15, 0.2) is 12.5 Å². The maximum absolute atomic E-state index is 11.9. The Morgan fingerprint density at radius 1 is 1.56 bits per heavy atom. The van der Waals surface area contributed by atoms with Crippen molar-refractivity contribution in [3.8, 4) is 0 Å². The molecule has 0 radical (unpaired) electrons. The van der Waals surface area contributed by atoms with Crippen LogP contribution in [0.4, 0.5) is 0 Å². The molecule has 1 aromatic heterocycles. The second-order valence-corrected chi connectivity index (χ2v) is 3.80. The molecule has 0 aliphatic carbocycles. The van der Waals surface area contributed by atoms with Crippen LogP contribution in [-0.2, 0) is 16.2 Å². The van der Waals surface area contributed by atoms with E-state index in [1.165, 1.54) is 19.6 Å². The van der Waals surface area contributed by atoms with Gasteiger partial charge in [-0.05, 0) is 6.42 Å². The van der Waals surface area contributed by atoms with E-state index in [0.717, 1.165) is 4.90 Å². The van der Waals surface area contributed by atoms with Crippen LogP contribution in [0.1, 0.15) is 24.6 Å². The summed E-state index contributed by atoms with van der Waals surface area (Å²) in [6.07, 6.45) is 3.84. The van der Waals surface area contributed by atoms with Crippen molar-refractivity contribution in [1.82, 2.24) is 14.5 Å². The largest absolute Gasteiger partial charge is 0.390 e. The molecular weight excluding hydrogens is 210 g/mol. The maximum atomic E-state index is 11.9. The average Bonchev–Trinajstić information content (AvgIpc) is 2.74. The Labute approximate surface area is 92.5 Å². The van der Waals surface area contributed by atoms with Gasteiger partial charge in [-0.25, -0.2) is 4.98 Å². The first kappa shape index (κ1) is 10.8. The molecular formula is C10H13N3O3. The summed E-state index contributed by atoms with van der Waals surface area (Å²) < 4.78 is 1.63. The minimum absolute atomic E-state index is 0.160. The van der Waals surface area contributed by atoms with Crippen LogP contribution in [0, 0.1) is 0 Å². The van der Waals surface area contributed by atoms with Gasteiger partial charge in [-0.1, -0.05) is 0 Å². The number of carbonyl (C=O) groups is 2. The molecule has 1 aromatic rings. The van der Waals surface area contributed by atoms with Gasteiger partial charge in [0.25, 0.3) is 5.91 Å². The lowest BCUT2D eigenvalue weighted by Crippen LogP contribution is -2.43. The summed E-state index contributed by atoms with van der Waals surface area (Å²) in [5.41, 5.74) is 0.584. The third kappa shape index (κ3) is 1.61. The molecule has 86 valence electrons. The molecule has 0 spiro atoms. The molecule has 16 heavy (non-hydrogen) atoms. The number of imide groups is 1. The van der Waals surface area contributed by atoms with Crippen LogP contribution in [0.3, 0.4) is 0 Å². The first-order valence-corrected chi connectivity index (χ1v) is 5.07. The van der Waals surface area contributed by atoms with Crippen LogP contribution in [-0.4, -0.2) is 38.4 Å². The molecule has 1 aliphatic rings. The van der Waals surface area contributed by atoms with Crippen LogP contribution in [0.5, 0.6) is 0 Å². The summed E-state index contributed by atoms with van der Waals surface area (Å²) in [7, 11) is 1.48. The van der Waals surface area contributed by atoms with E-state index < -0.39 is 6.04 Å². The van der Waals surface area contributed by atoms with Crippen molar-refractivity contribution in [3.05, 3.63) is 18.2 Å². The fourth-order valence-corrected chi connectivity index (χ4v) is 1.89. The number of hydrogen-bond acceptors (Lipinski definition) is 4. The smallest absolute Gasteiger partial charge is 0.252 e. The summed E-state index contributed by atoms with van der Waals surface area (Å²) in [6.45, 7) is -0.165. The third-order valence-corrected chi connectivity index (χ3v) is 2.87. The quantitative estimate of drug-likeness (QED) is 0.698. The van der Waals surface area contributed by atoms with Crippen molar-refractivity contribution in [2.75, 3.05) is 7.05 Å². The van der Waals surface area contributed by atoms with E-state index in [1.54, 1.807) is 4.57 Å². The molecule has 6 heteroatoms. The minimum Gasteiger partial charge on any atom is -0.390 e. The fourth-order valence-electron chi connectivity index (χ4n) is 1.89. The molecule has 0 saturated carbocycles. The normalized spacial score (nSPS) is 21.6. The highest BCUT2D eigenvalue weighted by Gasteiger charge is 2.33. The van der Waals surface area contributed by atoms with Crippen molar-refractivity contribution in [3.63, 3.8) is 0 Å². The number of carbonyl (C=O) groups excluding carboxylic acids is 2. The van der Waals surface area contributed by atoms with E-state index in [4.69, 9.17) is 5.11 Å². The SMILES string of the molecule is CN1C(=O)CCC(n2cncc2CO)C1=O. The summed E-state index contributed by atoms with van der Waals surface area (Å²) in [4.78, 5) is 28.2. The number of aliphatic hydroxyl groups excluding tert-OH is 1. The number of piperidine rings is 1. The van der Waals surface area contributed by atoms with Crippen molar-refractivity contribution < 1.29 is 14.7 Å². The topological polar surface area (TPSA) is 75.4 Å². The van der Waals surface area contributed by atoms with Gasteiger partial charge in [-0.3, -0.25) is 14.5 Å². The first-order valence-electron chi connectivity index (χ1n) is 5.07. The molecule has 1 atom stereocenters. The van der Waals surface area contributed by atoms with Crippen LogP contribution in [0.25, 0.3) is 0 Å². The van der Waals surface area contributed by atoms with Gasteiger partial charge in [-0.15, -0.1) is 0 Å². The highest BCUT2D eigenvalue weighted by Crippen LogP contribution is 2.24. The molecule has 1 N–H and O–H groups in total. The molecule has 1 saturated heterocycles. The number of nitrogens with zero attached hydrogens (tertiary/aromatic N) is 3. The van der Waals surface area contributed by atoms with Gasteiger partial charge in [0, 0.05) is 13.5 Å². The molecule has 1 aliphatic heterocycles. The number of likely N-dealkylation sites (N-methyl/N-ethyl adjacent to an activating group) is 1. The Balaban J connectivity index is 2.28. The monoisotopic (exact) mass is 223 g/mol. The Kier molecular flexibility index (Phi) is 2.74. The average molecular weight is 223 g/mol. The maximum Gasteiger partial charge on any atom is 0.252 e. The van der Waals surface area contributed by atoms with Gasteiger partial charge in [-0.2, -0.15) is 0 Å². The number of rotatable bonds is 2. The summed E-state index contributed by atoms with van der Waals surface area (Å²) in [6, 6.07) is -0.424. The number of hydrogen-bond donors (Lipinski definition) is 1. The Bertz CT molecular complexity index is 427. The van der Waals surface area contributed by atoms with E-state index in [9.17, 15) is 9.59 Å². The molecule has 0 bridgehead atoms. The lowest BCUT2D eigenvalue weighted by atomic mass is 10.0. The van der Waals surface area contributed by atoms with E-state index in [1.807, 2.05) is 0 Å². The van der Waals surface area contributed by atoms with Crippen molar-refractivity contribution in [1.29, 1.82) is 0 Å². The van der Waals surface area contributed by atoms with Gasteiger partial charge in [0.2, 0.25) is 5.91 Å². The number of amides is 2. The van der Waals surface area contributed by atoms with Crippen molar-refractivity contribution in [2.24, 2.45) is 0 Å². The highest BCUT2D eigenvalue weighted by molar-refractivity contribution is 5.99. The van der Waals surface area contributed by atoms with Gasteiger partial charge < -0.3 is 9.67 Å². The van der Waals surface area contributed by atoms with E-state index in [2.05, 4.69) is 4.98 Å². The van der Waals surface area contributed by atoms with E-state index in [0.29, 0.717) is 18.5 Å². The van der Waals surface area contributed by atoms with Crippen molar-refractivity contribution >= 4 is 11.8 Å². The van der Waals surface area contributed by atoms with Gasteiger partial charge in [0.15, 0.2) is 0 Å². The third-order valence-electron chi connectivity index (χ3n) is 2.87. The predicted molar refractivity (Wildman–Crippen MR) is 54.2 cm³/mol. The van der Waals surface area contributed by atoms with Crippen LogP contribution < -0.4 is 0 Å². The van der Waals surface area contributed by atoms with Crippen molar-refractivity contribution in [2.45, 2.75) is 25.5 Å². The second-order valence-electron chi connectivity index (χ2n) is 3.80. The minimum atomic E-state index is -0.424. The highest BCUT2D eigenvalue weighted by atomic mass is 16.3. The second kappa shape index (κ2) is 4.05. The zero-order chi connectivity index (χ0) is 11.7.